The third-order valence-electron chi connectivity index (χ3n) is 4.73. The zero-order valence-corrected chi connectivity index (χ0v) is 13.1. The highest BCUT2D eigenvalue weighted by atomic mass is 16.5. The molecule has 0 aliphatic carbocycles. The molecule has 1 aromatic rings. The molecule has 116 valence electrons. The van der Waals surface area contributed by atoms with E-state index in [2.05, 4.69) is 13.8 Å². The summed E-state index contributed by atoms with van der Waals surface area (Å²) in [6.07, 6.45) is 3.85. The number of likely N-dealkylation sites (tertiary alicyclic amines) is 1. The van der Waals surface area contributed by atoms with Gasteiger partial charge in [0.25, 0.3) is 0 Å². The Labute approximate surface area is 127 Å². The Morgan fingerprint density at radius 1 is 1.38 bits per heavy atom. The largest absolute Gasteiger partial charge is 0.493 e. The van der Waals surface area contributed by atoms with Crippen molar-refractivity contribution >= 4 is 11.6 Å². The topological polar surface area (TPSA) is 55.6 Å². The number of carbonyl (C=O) groups excluding carboxylic acids is 1. The van der Waals surface area contributed by atoms with E-state index in [1.165, 1.54) is 0 Å². The molecule has 0 spiro atoms. The summed E-state index contributed by atoms with van der Waals surface area (Å²) in [4.78, 5) is 14.2. The molecule has 1 aromatic carbocycles. The second kappa shape index (κ2) is 6.83. The van der Waals surface area contributed by atoms with Crippen LogP contribution in [-0.2, 0) is 4.79 Å². The predicted molar refractivity (Wildman–Crippen MR) is 85.2 cm³/mol. The maximum atomic E-state index is 12.2. The van der Waals surface area contributed by atoms with Gasteiger partial charge in [-0.3, -0.25) is 4.79 Å². The van der Waals surface area contributed by atoms with E-state index in [1.54, 1.807) is 6.07 Å². The highest BCUT2D eigenvalue weighted by Crippen LogP contribution is 2.37. The number of benzene rings is 1. The van der Waals surface area contributed by atoms with Crippen molar-refractivity contribution in [3.63, 3.8) is 0 Å². The summed E-state index contributed by atoms with van der Waals surface area (Å²) in [5.41, 5.74) is 6.71. The molecule has 0 radical (unpaired) electrons. The van der Waals surface area contributed by atoms with Crippen LogP contribution in [0.25, 0.3) is 0 Å². The fraction of sp³-hybridized carbons (Fsp3) is 0.588. The first kappa shape index (κ1) is 15.7. The number of hydrogen-bond donors (Lipinski definition) is 1. The number of nitrogens with zero attached hydrogens (tertiary/aromatic N) is 1. The summed E-state index contributed by atoms with van der Waals surface area (Å²) in [5.74, 6) is 0.920. The van der Waals surface area contributed by atoms with Crippen molar-refractivity contribution in [2.75, 3.05) is 25.4 Å². The Morgan fingerprint density at radius 2 is 2.14 bits per heavy atom. The SMILES string of the molecule is CCC1(CC)CCN(C(=O)CCOc2cccc(N)c2)C1. The zero-order chi connectivity index (χ0) is 15.3. The Kier molecular flexibility index (Phi) is 5.10. The molecule has 1 fully saturated rings. The Hall–Kier alpha value is -1.71. The molecule has 21 heavy (non-hydrogen) atoms. The molecule has 0 aromatic heterocycles. The minimum absolute atomic E-state index is 0.197. The summed E-state index contributed by atoms with van der Waals surface area (Å²) in [7, 11) is 0. The number of rotatable bonds is 6. The molecule has 2 rings (SSSR count). The van der Waals surface area contributed by atoms with Crippen LogP contribution in [0.2, 0.25) is 0 Å². The summed E-state index contributed by atoms with van der Waals surface area (Å²) < 4.78 is 5.59. The Balaban J connectivity index is 1.78. The molecular formula is C17H26N2O2. The molecule has 1 aliphatic heterocycles. The number of carbonyl (C=O) groups is 1. The molecule has 0 atom stereocenters. The number of anilines is 1. The van der Waals surface area contributed by atoms with Crippen LogP contribution in [0.1, 0.15) is 39.5 Å². The van der Waals surface area contributed by atoms with Crippen molar-refractivity contribution in [1.82, 2.24) is 4.90 Å². The first-order chi connectivity index (χ1) is 10.1. The quantitative estimate of drug-likeness (QED) is 0.819. The third-order valence-corrected chi connectivity index (χ3v) is 4.73. The van der Waals surface area contributed by atoms with Crippen molar-refractivity contribution in [2.24, 2.45) is 5.41 Å². The van der Waals surface area contributed by atoms with Gasteiger partial charge >= 0.3 is 0 Å². The fourth-order valence-corrected chi connectivity index (χ4v) is 2.99. The number of nitrogen functional groups attached to an aromatic ring is 1. The molecule has 1 amide bonds. The van der Waals surface area contributed by atoms with Gasteiger partial charge in [0, 0.05) is 24.8 Å². The van der Waals surface area contributed by atoms with Gasteiger partial charge in [0.05, 0.1) is 13.0 Å². The number of amides is 1. The van der Waals surface area contributed by atoms with Gasteiger partial charge in [-0.25, -0.2) is 0 Å². The molecule has 4 heteroatoms. The fourth-order valence-electron chi connectivity index (χ4n) is 2.99. The van der Waals surface area contributed by atoms with Crippen LogP contribution < -0.4 is 10.5 Å². The van der Waals surface area contributed by atoms with E-state index in [4.69, 9.17) is 10.5 Å². The second-order valence-electron chi connectivity index (χ2n) is 5.94. The number of hydrogen-bond acceptors (Lipinski definition) is 3. The maximum Gasteiger partial charge on any atom is 0.226 e. The lowest BCUT2D eigenvalue weighted by Gasteiger charge is -2.26. The summed E-state index contributed by atoms with van der Waals surface area (Å²) in [6, 6.07) is 7.30. The van der Waals surface area contributed by atoms with E-state index in [9.17, 15) is 4.79 Å². The summed E-state index contributed by atoms with van der Waals surface area (Å²) in [5, 5.41) is 0. The average Bonchev–Trinajstić information content (AvgIpc) is 2.92. The molecular weight excluding hydrogens is 264 g/mol. The lowest BCUT2D eigenvalue weighted by molar-refractivity contribution is -0.131. The van der Waals surface area contributed by atoms with Crippen LogP contribution >= 0.6 is 0 Å². The van der Waals surface area contributed by atoms with Gasteiger partial charge in [-0.15, -0.1) is 0 Å². The van der Waals surface area contributed by atoms with Crippen LogP contribution in [0.4, 0.5) is 5.69 Å². The van der Waals surface area contributed by atoms with E-state index in [0.717, 1.165) is 38.1 Å². The van der Waals surface area contributed by atoms with E-state index in [1.807, 2.05) is 23.1 Å². The number of nitrogens with two attached hydrogens (primary N) is 1. The average molecular weight is 290 g/mol. The van der Waals surface area contributed by atoms with Crippen molar-refractivity contribution in [3.8, 4) is 5.75 Å². The van der Waals surface area contributed by atoms with Gasteiger partial charge in [-0.05, 0) is 36.8 Å². The first-order valence-electron chi connectivity index (χ1n) is 7.85. The minimum Gasteiger partial charge on any atom is -0.493 e. The normalized spacial score (nSPS) is 17.0. The summed E-state index contributed by atoms with van der Waals surface area (Å²) in [6.45, 7) is 6.64. The van der Waals surface area contributed by atoms with Crippen LogP contribution in [0, 0.1) is 5.41 Å². The molecule has 0 saturated carbocycles. The molecule has 2 N–H and O–H groups in total. The highest BCUT2D eigenvalue weighted by molar-refractivity contribution is 5.76. The molecule has 0 unspecified atom stereocenters. The van der Waals surface area contributed by atoms with Crippen molar-refractivity contribution in [3.05, 3.63) is 24.3 Å². The Bertz CT molecular complexity index is 483. The highest BCUT2D eigenvalue weighted by Gasteiger charge is 2.36. The van der Waals surface area contributed by atoms with E-state index in [0.29, 0.717) is 24.1 Å². The van der Waals surface area contributed by atoms with Gasteiger partial charge in [0.2, 0.25) is 5.91 Å². The lowest BCUT2D eigenvalue weighted by atomic mass is 9.82. The van der Waals surface area contributed by atoms with Crippen LogP contribution in [0.5, 0.6) is 5.75 Å². The van der Waals surface area contributed by atoms with Gasteiger partial charge in [-0.2, -0.15) is 0 Å². The van der Waals surface area contributed by atoms with Gasteiger partial charge < -0.3 is 15.4 Å². The van der Waals surface area contributed by atoms with Crippen LogP contribution in [-0.4, -0.2) is 30.5 Å². The van der Waals surface area contributed by atoms with E-state index in [-0.39, 0.29) is 5.91 Å². The Morgan fingerprint density at radius 3 is 2.76 bits per heavy atom. The van der Waals surface area contributed by atoms with Gasteiger partial charge in [-0.1, -0.05) is 19.9 Å². The monoisotopic (exact) mass is 290 g/mol. The zero-order valence-electron chi connectivity index (χ0n) is 13.1. The van der Waals surface area contributed by atoms with Crippen molar-refractivity contribution in [2.45, 2.75) is 39.5 Å². The van der Waals surface area contributed by atoms with Crippen LogP contribution in [0.15, 0.2) is 24.3 Å². The molecule has 1 saturated heterocycles. The first-order valence-corrected chi connectivity index (χ1v) is 7.85. The summed E-state index contributed by atoms with van der Waals surface area (Å²) >= 11 is 0. The predicted octanol–water partition coefficient (Wildman–Crippen LogP) is 3.08. The standard InChI is InChI=1S/C17H26N2O2/c1-3-17(4-2)9-10-19(13-17)16(20)8-11-21-15-7-5-6-14(18)12-15/h5-7,12H,3-4,8-11,13,18H2,1-2H3. The molecule has 4 nitrogen and oxygen atoms in total. The van der Waals surface area contributed by atoms with Gasteiger partial charge in [0.15, 0.2) is 0 Å². The smallest absolute Gasteiger partial charge is 0.226 e. The number of ether oxygens (including phenoxy) is 1. The molecule has 1 heterocycles. The van der Waals surface area contributed by atoms with E-state index >= 15 is 0 Å². The lowest BCUT2D eigenvalue weighted by Crippen LogP contribution is -2.32. The maximum absolute atomic E-state index is 12.2. The van der Waals surface area contributed by atoms with Gasteiger partial charge in [0.1, 0.15) is 5.75 Å². The third kappa shape index (κ3) is 3.90. The van der Waals surface area contributed by atoms with Crippen molar-refractivity contribution in [1.29, 1.82) is 0 Å². The minimum atomic E-state index is 0.197. The second-order valence-corrected chi connectivity index (χ2v) is 5.94. The molecule has 0 bridgehead atoms. The molecule has 1 aliphatic rings. The van der Waals surface area contributed by atoms with Crippen LogP contribution in [0.3, 0.4) is 0 Å². The van der Waals surface area contributed by atoms with E-state index < -0.39 is 0 Å². The van der Waals surface area contributed by atoms with Crippen molar-refractivity contribution < 1.29 is 9.53 Å².